The molecule has 0 aliphatic heterocycles. The van der Waals surface area contributed by atoms with Crippen molar-refractivity contribution in [1.82, 2.24) is 14.5 Å². The van der Waals surface area contributed by atoms with Crippen LogP contribution in [0.3, 0.4) is 0 Å². The molecule has 0 radical (unpaired) electrons. The fraction of sp³-hybridized carbons (Fsp3) is 0.500. The van der Waals surface area contributed by atoms with Crippen molar-refractivity contribution < 1.29 is 9.11 Å². The summed E-state index contributed by atoms with van der Waals surface area (Å²) in [5.74, 6) is 0.751. The summed E-state index contributed by atoms with van der Waals surface area (Å²) in [5, 5.41) is 0. The van der Waals surface area contributed by atoms with Gasteiger partial charge in [0, 0.05) is 36.3 Å². The van der Waals surface area contributed by atoms with Crippen LogP contribution < -0.4 is 5.56 Å². The van der Waals surface area contributed by atoms with Crippen molar-refractivity contribution in [3.05, 3.63) is 45.8 Å². The van der Waals surface area contributed by atoms with Crippen molar-refractivity contribution in [2.75, 3.05) is 5.75 Å². The molecule has 2 heterocycles. The number of unbranched alkanes of at least 4 members (excludes halogenated alkanes) is 1. The molecule has 0 spiro atoms. The zero-order valence-electron chi connectivity index (χ0n) is 15.3. The van der Waals surface area contributed by atoms with Gasteiger partial charge in [0.2, 0.25) is 0 Å². The normalized spacial score (nSPS) is 12.4. The summed E-state index contributed by atoms with van der Waals surface area (Å²) in [6.45, 7) is 5.65. The van der Waals surface area contributed by atoms with E-state index >= 15 is 0 Å². The van der Waals surface area contributed by atoms with E-state index in [-0.39, 0.29) is 17.1 Å². The summed E-state index contributed by atoms with van der Waals surface area (Å²) in [4.78, 5) is 20.9. The Balaban J connectivity index is 2.53. The molecule has 7 heteroatoms. The SMILES string of the molecule is CCCCc1cnc(CS(O)(O)CC)nc1-c1cc(C)c(=O)n(C)c1. The van der Waals surface area contributed by atoms with E-state index in [0.29, 0.717) is 11.4 Å². The second-order valence-electron chi connectivity index (χ2n) is 6.33. The summed E-state index contributed by atoms with van der Waals surface area (Å²) in [7, 11) is -0.982. The molecule has 0 aromatic carbocycles. The quantitative estimate of drug-likeness (QED) is 0.780. The minimum atomic E-state index is -2.70. The van der Waals surface area contributed by atoms with Crippen LogP contribution in [0, 0.1) is 6.92 Å². The van der Waals surface area contributed by atoms with Crippen molar-refractivity contribution in [3.63, 3.8) is 0 Å². The van der Waals surface area contributed by atoms with Crippen LogP contribution in [0.4, 0.5) is 0 Å². The van der Waals surface area contributed by atoms with Crippen molar-refractivity contribution in [2.45, 2.75) is 45.8 Å². The van der Waals surface area contributed by atoms with Crippen molar-refractivity contribution in [3.8, 4) is 11.3 Å². The highest BCUT2D eigenvalue weighted by Crippen LogP contribution is 2.41. The zero-order valence-corrected chi connectivity index (χ0v) is 16.1. The lowest BCUT2D eigenvalue weighted by molar-refractivity contribution is 0.486. The number of aryl methyl sites for hydroxylation is 3. The minimum absolute atomic E-state index is 0.0340. The summed E-state index contributed by atoms with van der Waals surface area (Å²) >= 11 is 0. The molecule has 25 heavy (non-hydrogen) atoms. The van der Waals surface area contributed by atoms with Gasteiger partial charge in [-0.05, 0) is 38.3 Å². The Morgan fingerprint density at radius 1 is 1.28 bits per heavy atom. The Morgan fingerprint density at radius 2 is 2.00 bits per heavy atom. The van der Waals surface area contributed by atoms with Crippen LogP contribution in [0.2, 0.25) is 0 Å². The molecule has 0 bridgehead atoms. The van der Waals surface area contributed by atoms with E-state index in [2.05, 4.69) is 16.9 Å². The van der Waals surface area contributed by atoms with E-state index in [1.165, 1.54) is 0 Å². The van der Waals surface area contributed by atoms with Gasteiger partial charge in [0.15, 0.2) is 0 Å². The Morgan fingerprint density at radius 3 is 2.60 bits per heavy atom. The smallest absolute Gasteiger partial charge is 0.253 e. The Hall–Kier alpha value is -1.70. The van der Waals surface area contributed by atoms with Crippen molar-refractivity contribution >= 4 is 10.6 Å². The lowest BCUT2D eigenvalue weighted by Crippen LogP contribution is -2.19. The van der Waals surface area contributed by atoms with Crippen LogP contribution in [0.25, 0.3) is 11.3 Å². The molecule has 2 aromatic rings. The molecular weight excluding hydrogens is 338 g/mol. The molecule has 2 rings (SSSR count). The minimum Gasteiger partial charge on any atom is -0.318 e. The monoisotopic (exact) mass is 365 g/mol. The first-order valence-electron chi connectivity index (χ1n) is 8.53. The highest BCUT2D eigenvalue weighted by Gasteiger charge is 2.16. The van der Waals surface area contributed by atoms with Gasteiger partial charge >= 0.3 is 0 Å². The average Bonchev–Trinajstić information content (AvgIpc) is 2.57. The molecule has 2 aromatic heterocycles. The summed E-state index contributed by atoms with van der Waals surface area (Å²) in [6.07, 6.45) is 6.47. The zero-order chi connectivity index (χ0) is 18.6. The van der Waals surface area contributed by atoms with Gasteiger partial charge in [-0.15, -0.1) is 0 Å². The topological polar surface area (TPSA) is 88.2 Å². The number of hydrogen-bond donors (Lipinski definition) is 2. The molecule has 0 amide bonds. The maximum Gasteiger partial charge on any atom is 0.253 e. The highest BCUT2D eigenvalue weighted by molar-refractivity contribution is 8.23. The molecule has 0 aliphatic carbocycles. The predicted octanol–water partition coefficient (Wildman–Crippen LogP) is 3.76. The van der Waals surface area contributed by atoms with Gasteiger partial charge in [-0.2, -0.15) is 10.6 Å². The van der Waals surface area contributed by atoms with Gasteiger partial charge in [-0.3, -0.25) is 13.9 Å². The van der Waals surface area contributed by atoms with E-state index < -0.39 is 10.6 Å². The van der Waals surface area contributed by atoms with E-state index in [1.807, 2.05) is 6.07 Å². The Bertz CT molecular complexity index is 776. The first-order chi connectivity index (χ1) is 11.8. The van der Waals surface area contributed by atoms with Gasteiger partial charge in [0.05, 0.1) is 11.4 Å². The summed E-state index contributed by atoms with van der Waals surface area (Å²) in [5.41, 5.74) is 3.25. The fourth-order valence-electron chi connectivity index (χ4n) is 2.63. The molecule has 0 aliphatic rings. The van der Waals surface area contributed by atoms with Crippen LogP contribution >= 0.6 is 10.6 Å². The summed E-state index contributed by atoms with van der Waals surface area (Å²) in [6, 6.07) is 1.84. The van der Waals surface area contributed by atoms with Crippen molar-refractivity contribution in [2.24, 2.45) is 7.05 Å². The molecule has 138 valence electrons. The largest absolute Gasteiger partial charge is 0.318 e. The number of nitrogens with zero attached hydrogens (tertiary/aromatic N) is 3. The van der Waals surface area contributed by atoms with E-state index in [1.54, 1.807) is 37.9 Å². The number of rotatable bonds is 7. The van der Waals surface area contributed by atoms with Crippen molar-refractivity contribution in [1.29, 1.82) is 0 Å². The van der Waals surface area contributed by atoms with Gasteiger partial charge in [0.1, 0.15) is 5.82 Å². The average molecular weight is 365 g/mol. The number of pyridine rings is 1. The third-order valence-corrected chi connectivity index (χ3v) is 5.82. The van der Waals surface area contributed by atoms with Gasteiger partial charge in [-0.25, -0.2) is 9.97 Å². The first-order valence-corrected chi connectivity index (χ1v) is 10.4. The molecule has 0 fully saturated rings. The maximum atomic E-state index is 12.0. The van der Waals surface area contributed by atoms with Crippen LogP contribution in [-0.2, 0) is 19.2 Å². The van der Waals surface area contributed by atoms with Crippen LogP contribution in [0.15, 0.2) is 23.3 Å². The maximum absolute atomic E-state index is 12.0. The first kappa shape index (κ1) is 19.6. The lowest BCUT2D eigenvalue weighted by Gasteiger charge is -2.29. The van der Waals surface area contributed by atoms with Gasteiger partial charge in [0.25, 0.3) is 5.56 Å². The highest BCUT2D eigenvalue weighted by atomic mass is 32.3. The second kappa shape index (κ2) is 8.12. The third-order valence-electron chi connectivity index (χ3n) is 4.17. The van der Waals surface area contributed by atoms with E-state index in [4.69, 9.17) is 0 Å². The molecule has 0 atom stereocenters. The van der Waals surface area contributed by atoms with E-state index in [0.717, 1.165) is 36.1 Å². The Labute approximate surface area is 150 Å². The van der Waals surface area contributed by atoms with Gasteiger partial charge < -0.3 is 4.57 Å². The van der Waals surface area contributed by atoms with Gasteiger partial charge in [-0.1, -0.05) is 13.3 Å². The van der Waals surface area contributed by atoms with Crippen LogP contribution in [0.5, 0.6) is 0 Å². The molecule has 6 nitrogen and oxygen atoms in total. The van der Waals surface area contributed by atoms with Crippen LogP contribution in [0.1, 0.15) is 43.6 Å². The summed E-state index contributed by atoms with van der Waals surface area (Å²) < 4.78 is 21.5. The van der Waals surface area contributed by atoms with Crippen LogP contribution in [-0.4, -0.2) is 29.4 Å². The molecule has 0 saturated carbocycles. The Kier molecular flexibility index (Phi) is 6.37. The van der Waals surface area contributed by atoms with E-state index in [9.17, 15) is 13.9 Å². The fourth-order valence-corrected chi connectivity index (χ4v) is 3.39. The lowest BCUT2D eigenvalue weighted by atomic mass is 10.0. The molecule has 0 saturated heterocycles. The third kappa shape index (κ3) is 4.90. The standard InChI is InChI=1S/C18H27N3O3S/c1-5-7-8-14-10-19-16(12-25(23,24)6-2)20-17(14)15-9-13(3)18(22)21(4)11-15/h9-11,23-24H,5-8,12H2,1-4H3. The molecular formula is C18H27N3O3S. The molecule has 2 N–H and O–H groups in total. The molecule has 0 unspecified atom stereocenters. The second-order valence-corrected chi connectivity index (χ2v) is 8.80. The number of hydrogen-bond acceptors (Lipinski definition) is 5. The predicted molar refractivity (Wildman–Crippen MR) is 103 cm³/mol. The number of aromatic nitrogens is 3.